The second-order valence-corrected chi connectivity index (χ2v) is 7.73. The van der Waals surface area contributed by atoms with Crippen LogP contribution in [0.5, 0.6) is 0 Å². The first-order chi connectivity index (χ1) is 11.6. The summed E-state index contributed by atoms with van der Waals surface area (Å²) in [5, 5.41) is 0. The molecule has 1 fully saturated rings. The van der Waals surface area contributed by atoms with Crippen LogP contribution in [0.1, 0.15) is 12.0 Å². The largest absolute Gasteiger partial charge is 0.384 e. The number of nitrogen functional groups attached to an aromatic ring is 1. The third-order valence-corrected chi connectivity index (χ3v) is 5.96. The van der Waals surface area contributed by atoms with Crippen LogP contribution >= 0.6 is 0 Å². The monoisotopic (exact) mass is 347 g/mol. The third-order valence-electron chi connectivity index (χ3n) is 4.08. The first-order valence-electron chi connectivity index (χ1n) is 7.93. The summed E-state index contributed by atoms with van der Waals surface area (Å²) in [5.74, 6) is 0.491. The fraction of sp³-hybridized carbons (Fsp3) is 0.353. The molecule has 2 aromatic rings. The third kappa shape index (κ3) is 3.92. The number of aromatic nitrogens is 1. The van der Waals surface area contributed by atoms with E-state index in [1.807, 2.05) is 18.2 Å². The number of anilines is 1. The minimum atomic E-state index is -3.46. The SMILES string of the molecule is Nc1cc(CC[C@H]2CN(S(=O)(=O)c3ccccc3)CCO2)ccn1. The molecule has 1 aliphatic heterocycles. The van der Waals surface area contributed by atoms with Crippen molar-refractivity contribution in [2.24, 2.45) is 0 Å². The fourth-order valence-electron chi connectivity index (χ4n) is 2.80. The lowest BCUT2D eigenvalue weighted by Gasteiger charge is -2.32. The molecule has 0 unspecified atom stereocenters. The number of ether oxygens (including phenoxy) is 1. The topological polar surface area (TPSA) is 85.5 Å². The maximum atomic E-state index is 12.7. The van der Waals surface area contributed by atoms with Crippen molar-refractivity contribution >= 4 is 15.8 Å². The Morgan fingerprint density at radius 1 is 1.25 bits per heavy atom. The number of hydrogen-bond donors (Lipinski definition) is 1. The predicted octanol–water partition coefficient (Wildman–Crippen LogP) is 1.69. The Hall–Kier alpha value is -1.96. The van der Waals surface area contributed by atoms with Gasteiger partial charge in [0.05, 0.1) is 17.6 Å². The number of rotatable bonds is 5. The van der Waals surface area contributed by atoms with E-state index in [2.05, 4.69) is 4.98 Å². The van der Waals surface area contributed by atoms with Gasteiger partial charge in [0.1, 0.15) is 5.82 Å². The van der Waals surface area contributed by atoms with E-state index in [-0.39, 0.29) is 6.10 Å². The van der Waals surface area contributed by atoms with E-state index in [0.29, 0.717) is 30.4 Å². The molecule has 128 valence electrons. The molecule has 0 saturated carbocycles. The molecule has 0 spiro atoms. The van der Waals surface area contributed by atoms with Crippen molar-refractivity contribution in [1.29, 1.82) is 0 Å². The molecule has 0 amide bonds. The Morgan fingerprint density at radius 2 is 2.04 bits per heavy atom. The van der Waals surface area contributed by atoms with Gasteiger partial charge < -0.3 is 10.5 Å². The first-order valence-corrected chi connectivity index (χ1v) is 9.37. The number of hydrogen-bond acceptors (Lipinski definition) is 5. The Kier molecular flexibility index (Phi) is 5.13. The summed E-state index contributed by atoms with van der Waals surface area (Å²) in [5.41, 5.74) is 6.76. The summed E-state index contributed by atoms with van der Waals surface area (Å²) < 4.78 is 32.6. The quantitative estimate of drug-likeness (QED) is 0.889. The number of benzene rings is 1. The van der Waals surface area contributed by atoms with Crippen LogP contribution in [0.3, 0.4) is 0 Å². The van der Waals surface area contributed by atoms with Crippen molar-refractivity contribution in [1.82, 2.24) is 9.29 Å². The number of nitrogens with zero attached hydrogens (tertiary/aromatic N) is 2. The molecule has 0 radical (unpaired) electrons. The highest BCUT2D eigenvalue weighted by molar-refractivity contribution is 7.89. The number of aryl methyl sites for hydroxylation is 1. The van der Waals surface area contributed by atoms with Crippen molar-refractivity contribution in [2.75, 3.05) is 25.4 Å². The van der Waals surface area contributed by atoms with Crippen LogP contribution in [0, 0.1) is 0 Å². The summed E-state index contributed by atoms with van der Waals surface area (Å²) in [4.78, 5) is 4.30. The molecule has 0 aliphatic carbocycles. The molecule has 1 aliphatic rings. The van der Waals surface area contributed by atoms with Gasteiger partial charge in [-0.2, -0.15) is 4.31 Å². The normalized spacial score (nSPS) is 19.2. The van der Waals surface area contributed by atoms with Crippen LogP contribution in [0.15, 0.2) is 53.6 Å². The lowest BCUT2D eigenvalue weighted by atomic mass is 10.1. The molecule has 1 saturated heterocycles. The van der Waals surface area contributed by atoms with Crippen LogP contribution in [-0.4, -0.2) is 43.5 Å². The van der Waals surface area contributed by atoms with Gasteiger partial charge in [-0.25, -0.2) is 13.4 Å². The van der Waals surface area contributed by atoms with Crippen LogP contribution < -0.4 is 5.73 Å². The van der Waals surface area contributed by atoms with Gasteiger partial charge in [0.2, 0.25) is 10.0 Å². The number of sulfonamides is 1. The lowest BCUT2D eigenvalue weighted by Crippen LogP contribution is -2.45. The summed E-state index contributed by atoms with van der Waals surface area (Å²) in [7, 11) is -3.46. The van der Waals surface area contributed by atoms with E-state index in [9.17, 15) is 8.42 Å². The van der Waals surface area contributed by atoms with Gasteiger partial charge in [-0.15, -0.1) is 0 Å². The highest BCUT2D eigenvalue weighted by Crippen LogP contribution is 2.20. The molecule has 2 N–H and O–H groups in total. The average Bonchev–Trinajstić information content (AvgIpc) is 2.61. The van der Waals surface area contributed by atoms with Crippen LogP contribution in [0.4, 0.5) is 5.82 Å². The van der Waals surface area contributed by atoms with E-state index in [4.69, 9.17) is 10.5 Å². The lowest BCUT2D eigenvalue weighted by molar-refractivity contribution is -0.00526. The van der Waals surface area contributed by atoms with Crippen molar-refractivity contribution in [3.05, 3.63) is 54.2 Å². The van der Waals surface area contributed by atoms with Crippen molar-refractivity contribution in [3.8, 4) is 0 Å². The zero-order valence-electron chi connectivity index (χ0n) is 13.3. The Bertz CT molecular complexity index is 781. The maximum absolute atomic E-state index is 12.7. The van der Waals surface area contributed by atoms with Gasteiger partial charge >= 0.3 is 0 Å². The summed E-state index contributed by atoms with van der Waals surface area (Å²) in [6.45, 7) is 1.17. The summed E-state index contributed by atoms with van der Waals surface area (Å²) in [6.07, 6.45) is 3.08. The second-order valence-electron chi connectivity index (χ2n) is 5.80. The van der Waals surface area contributed by atoms with Crippen molar-refractivity contribution < 1.29 is 13.2 Å². The number of pyridine rings is 1. The second kappa shape index (κ2) is 7.29. The van der Waals surface area contributed by atoms with Gasteiger partial charge in [-0.05, 0) is 42.7 Å². The number of nitrogens with two attached hydrogens (primary N) is 1. The summed E-state index contributed by atoms with van der Waals surface area (Å²) in [6, 6.07) is 12.3. The van der Waals surface area contributed by atoms with E-state index < -0.39 is 10.0 Å². The van der Waals surface area contributed by atoms with E-state index in [1.54, 1.807) is 30.5 Å². The first kappa shape index (κ1) is 16.9. The molecule has 0 bridgehead atoms. The molecule has 2 heterocycles. The summed E-state index contributed by atoms with van der Waals surface area (Å²) >= 11 is 0. The fourth-order valence-corrected chi connectivity index (χ4v) is 4.28. The van der Waals surface area contributed by atoms with E-state index in [1.165, 1.54) is 4.31 Å². The smallest absolute Gasteiger partial charge is 0.243 e. The molecule has 1 aromatic heterocycles. The molecule has 3 rings (SSSR count). The minimum Gasteiger partial charge on any atom is -0.384 e. The van der Waals surface area contributed by atoms with Gasteiger partial charge in [0.15, 0.2) is 0 Å². The Balaban J connectivity index is 1.64. The van der Waals surface area contributed by atoms with Crippen molar-refractivity contribution in [3.63, 3.8) is 0 Å². The Labute approximate surface area is 142 Å². The zero-order valence-corrected chi connectivity index (χ0v) is 14.2. The van der Waals surface area contributed by atoms with Crippen LogP contribution in [0.2, 0.25) is 0 Å². The standard InChI is InChI=1S/C17H21N3O3S/c18-17-12-14(8-9-19-17)6-7-15-13-20(10-11-23-15)24(21,22)16-4-2-1-3-5-16/h1-5,8-9,12,15H,6-7,10-11,13H2,(H2,18,19)/t15-/m0/s1. The van der Waals surface area contributed by atoms with Crippen LogP contribution in [0.25, 0.3) is 0 Å². The zero-order chi connectivity index (χ0) is 17.0. The van der Waals surface area contributed by atoms with Crippen molar-refractivity contribution in [2.45, 2.75) is 23.8 Å². The Morgan fingerprint density at radius 3 is 2.79 bits per heavy atom. The minimum absolute atomic E-state index is 0.119. The predicted molar refractivity (Wildman–Crippen MR) is 91.9 cm³/mol. The molecule has 1 atom stereocenters. The van der Waals surface area contributed by atoms with Gasteiger partial charge in [-0.3, -0.25) is 0 Å². The average molecular weight is 347 g/mol. The molecule has 6 nitrogen and oxygen atoms in total. The van der Waals surface area contributed by atoms with E-state index >= 15 is 0 Å². The van der Waals surface area contributed by atoms with Crippen LogP contribution in [-0.2, 0) is 21.2 Å². The van der Waals surface area contributed by atoms with E-state index in [0.717, 1.165) is 18.4 Å². The molecule has 24 heavy (non-hydrogen) atoms. The molecule has 1 aromatic carbocycles. The van der Waals surface area contributed by atoms with Gasteiger partial charge in [-0.1, -0.05) is 18.2 Å². The van der Waals surface area contributed by atoms with Gasteiger partial charge in [0.25, 0.3) is 0 Å². The number of morpholine rings is 1. The highest BCUT2D eigenvalue weighted by Gasteiger charge is 2.30. The highest BCUT2D eigenvalue weighted by atomic mass is 32.2. The molecule has 7 heteroatoms. The maximum Gasteiger partial charge on any atom is 0.243 e. The van der Waals surface area contributed by atoms with Gasteiger partial charge in [0, 0.05) is 19.3 Å². The molecular formula is C17H21N3O3S. The molecular weight excluding hydrogens is 326 g/mol.